The summed E-state index contributed by atoms with van der Waals surface area (Å²) in [7, 11) is 0. The standard InChI is InChI=1S/C15H18ClFO/c1-15(9-2-3-10-15)13(18)8-7-11-5-4-6-12(16)14(11)17/h4-6H,2-3,7-10H2,1H3. The van der Waals surface area contributed by atoms with Crippen molar-refractivity contribution in [1.29, 1.82) is 0 Å². The highest BCUT2D eigenvalue weighted by Gasteiger charge is 2.35. The summed E-state index contributed by atoms with van der Waals surface area (Å²) in [4.78, 5) is 12.2. The Hall–Kier alpha value is -0.890. The van der Waals surface area contributed by atoms with Gasteiger partial charge in [0.25, 0.3) is 0 Å². The smallest absolute Gasteiger partial charge is 0.144 e. The van der Waals surface area contributed by atoms with Gasteiger partial charge in [-0.3, -0.25) is 4.79 Å². The van der Waals surface area contributed by atoms with Gasteiger partial charge in [0.05, 0.1) is 5.02 Å². The molecule has 0 unspecified atom stereocenters. The van der Waals surface area contributed by atoms with Crippen LogP contribution in [0.3, 0.4) is 0 Å². The van der Waals surface area contributed by atoms with Crippen LogP contribution in [0.5, 0.6) is 0 Å². The maximum atomic E-state index is 13.7. The highest BCUT2D eigenvalue weighted by molar-refractivity contribution is 6.30. The third-order valence-electron chi connectivity index (χ3n) is 4.03. The zero-order chi connectivity index (χ0) is 13.2. The minimum absolute atomic E-state index is 0.132. The van der Waals surface area contributed by atoms with Crippen LogP contribution < -0.4 is 0 Å². The molecule has 0 atom stereocenters. The summed E-state index contributed by atoms with van der Waals surface area (Å²) < 4.78 is 13.7. The van der Waals surface area contributed by atoms with Crippen LogP contribution in [0.25, 0.3) is 0 Å². The number of halogens is 2. The maximum absolute atomic E-state index is 13.7. The van der Waals surface area contributed by atoms with Crippen molar-refractivity contribution in [2.45, 2.75) is 45.4 Å². The molecular weight excluding hydrogens is 251 g/mol. The molecule has 1 aromatic rings. The second kappa shape index (κ2) is 5.40. The molecule has 0 N–H and O–H groups in total. The first-order valence-corrected chi connectivity index (χ1v) is 6.87. The molecule has 18 heavy (non-hydrogen) atoms. The quantitative estimate of drug-likeness (QED) is 0.782. The number of Topliss-reactive ketones (excluding diaryl/α,β-unsaturated/α-hetero) is 1. The van der Waals surface area contributed by atoms with Gasteiger partial charge >= 0.3 is 0 Å². The molecule has 1 aromatic carbocycles. The van der Waals surface area contributed by atoms with E-state index in [0.717, 1.165) is 25.7 Å². The summed E-state index contributed by atoms with van der Waals surface area (Å²) in [6.07, 6.45) is 5.07. The van der Waals surface area contributed by atoms with Crippen molar-refractivity contribution in [3.8, 4) is 0 Å². The molecule has 0 bridgehead atoms. The molecule has 1 nitrogen and oxygen atoms in total. The summed E-state index contributed by atoms with van der Waals surface area (Å²) >= 11 is 5.72. The Morgan fingerprint density at radius 1 is 1.39 bits per heavy atom. The lowest BCUT2D eigenvalue weighted by Crippen LogP contribution is -2.24. The van der Waals surface area contributed by atoms with E-state index >= 15 is 0 Å². The van der Waals surface area contributed by atoms with Crippen molar-refractivity contribution in [3.05, 3.63) is 34.6 Å². The second-order valence-corrected chi connectivity index (χ2v) is 5.81. The van der Waals surface area contributed by atoms with Gasteiger partial charge < -0.3 is 0 Å². The van der Waals surface area contributed by atoms with E-state index in [4.69, 9.17) is 11.6 Å². The molecule has 0 heterocycles. The van der Waals surface area contributed by atoms with Gasteiger partial charge in [0, 0.05) is 11.8 Å². The van der Waals surface area contributed by atoms with Crippen molar-refractivity contribution in [2.75, 3.05) is 0 Å². The van der Waals surface area contributed by atoms with Gasteiger partial charge in [-0.15, -0.1) is 0 Å². The van der Waals surface area contributed by atoms with Gasteiger partial charge in [0.15, 0.2) is 0 Å². The predicted molar refractivity (Wildman–Crippen MR) is 71.3 cm³/mol. The van der Waals surface area contributed by atoms with Crippen molar-refractivity contribution >= 4 is 17.4 Å². The van der Waals surface area contributed by atoms with Crippen LogP contribution >= 0.6 is 11.6 Å². The number of rotatable bonds is 4. The SMILES string of the molecule is CC1(C(=O)CCc2cccc(Cl)c2F)CCCC1. The van der Waals surface area contributed by atoms with Crippen LogP contribution in [0.1, 0.15) is 44.6 Å². The van der Waals surface area contributed by atoms with E-state index in [0.29, 0.717) is 18.4 Å². The zero-order valence-corrected chi connectivity index (χ0v) is 11.4. The lowest BCUT2D eigenvalue weighted by Gasteiger charge is -2.21. The second-order valence-electron chi connectivity index (χ2n) is 5.40. The first-order chi connectivity index (χ1) is 8.53. The fourth-order valence-electron chi connectivity index (χ4n) is 2.73. The normalized spacial score (nSPS) is 17.9. The summed E-state index contributed by atoms with van der Waals surface area (Å²) in [5, 5.41) is 0.132. The van der Waals surface area contributed by atoms with Gasteiger partial charge in [0.2, 0.25) is 0 Å². The molecule has 1 aliphatic carbocycles. The van der Waals surface area contributed by atoms with Crippen LogP contribution in [0.4, 0.5) is 4.39 Å². The minimum Gasteiger partial charge on any atom is -0.299 e. The zero-order valence-electron chi connectivity index (χ0n) is 10.6. The maximum Gasteiger partial charge on any atom is 0.144 e. The number of carbonyl (C=O) groups excluding carboxylic acids is 1. The minimum atomic E-state index is -0.386. The van der Waals surface area contributed by atoms with Crippen molar-refractivity contribution in [1.82, 2.24) is 0 Å². The molecule has 0 amide bonds. The van der Waals surface area contributed by atoms with E-state index in [1.165, 1.54) is 6.07 Å². The van der Waals surface area contributed by atoms with Gasteiger partial charge in [-0.25, -0.2) is 4.39 Å². The Balaban J connectivity index is 1.99. The molecule has 0 spiro atoms. The lowest BCUT2D eigenvalue weighted by molar-refractivity contribution is -0.127. The van der Waals surface area contributed by atoms with Crippen LogP contribution in [-0.2, 0) is 11.2 Å². The van der Waals surface area contributed by atoms with Gasteiger partial charge in [-0.05, 0) is 30.9 Å². The molecule has 3 heteroatoms. The summed E-state index contributed by atoms with van der Waals surface area (Å²) in [6, 6.07) is 4.95. The van der Waals surface area contributed by atoms with Crippen molar-refractivity contribution in [2.24, 2.45) is 5.41 Å². The Kier molecular flexibility index (Phi) is 4.06. The average Bonchev–Trinajstić information content (AvgIpc) is 2.79. The predicted octanol–water partition coefficient (Wildman–Crippen LogP) is 4.56. The monoisotopic (exact) mass is 268 g/mol. The first-order valence-electron chi connectivity index (χ1n) is 6.49. The molecule has 0 aliphatic heterocycles. The highest BCUT2D eigenvalue weighted by atomic mass is 35.5. The van der Waals surface area contributed by atoms with Crippen LogP contribution in [0, 0.1) is 11.2 Å². The first kappa shape index (κ1) is 13.5. The molecule has 1 fully saturated rings. The number of hydrogen-bond donors (Lipinski definition) is 0. The van der Waals surface area contributed by atoms with Gasteiger partial charge in [-0.1, -0.05) is 43.5 Å². The highest BCUT2D eigenvalue weighted by Crippen LogP contribution is 2.39. The van der Waals surface area contributed by atoms with Gasteiger partial charge in [-0.2, -0.15) is 0 Å². The Morgan fingerprint density at radius 2 is 2.06 bits per heavy atom. The van der Waals surface area contributed by atoms with Crippen molar-refractivity contribution in [3.63, 3.8) is 0 Å². The number of carbonyl (C=O) groups is 1. The number of ketones is 1. The van der Waals surface area contributed by atoms with Crippen LogP contribution in [0.15, 0.2) is 18.2 Å². The summed E-state index contributed by atoms with van der Waals surface area (Å²) in [5.74, 6) is -0.122. The summed E-state index contributed by atoms with van der Waals surface area (Å²) in [5.41, 5.74) is 0.368. The van der Waals surface area contributed by atoms with Crippen LogP contribution in [0.2, 0.25) is 5.02 Å². The lowest BCUT2D eigenvalue weighted by atomic mass is 9.81. The van der Waals surface area contributed by atoms with E-state index in [1.54, 1.807) is 12.1 Å². The van der Waals surface area contributed by atoms with E-state index in [-0.39, 0.29) is 22.0 Å². The topological polar surface area (TPSA) is 17.1 Å². The number of benzene rings is 1. The fourth-order valence-corrected chi connectivity index (χ4v) is 2.92. The largest absolute Gasteiger partial charge is 0.299 e. The molecule has 98 valence electrons. The molecule has 2 rings (SSSR count). The Morgan fingerprint density at radius 3 is 2.72 bits per heavy atom. The molecular formula is C15H18ClFO. The number of aryl methyl sites for hydroxylation is 1. The Labute approximate surface area is 112 Å². The summed E-state index contributed by atoms with van der Waals surface area (Å²) in [6.45, 7) is 2.04. The van der Waals surface area contributed by atoms with Crippen molar-refractivity contribution < 1.29 is 9.18 Å². The molecule has 1 saturated carbocycles. The van der Waals surface area contributed by atoms with Crippen LogP contribution in [-0.4, -0.2) is 5.78 Å². The third kappa shape index (κ3) is 2.74. The van der Waals surface area contributed by atoms with Gasteiger partial charge in [0.1, 0.15) is 11.6 Å². The number of hydrogen-bond acceptors (Lipinski definition) is 1. The Bertz CT molecular complexity index is 450. The van der Waals surface area contributed by atoms with E-state index in [1.807, 2.05) is 6.92 Å². The molecule has 0 saturated heterocycles. The molecule has 1 aliphatic rings. The average molecular weight is 269 g/mol. The fraction of sp³-hybridized carbons (Fsp3) is 0.533. The van der Waals surface area contributed by atoms with E-state index in [9.17, 15) is 9.18 Å². The van der Waals surface area contributed by atoms with E-state index < -0.39 is 0 Å². The third-order valence-corrected chi connectivity index (χ3v) is 4.33. The molecule has 0 aromatic heterocycles. The molecule has 0 radical (unpaired) electrons. The van der Waals surface area contributed by atoms with E-state index in [2.05, 4.69) is 0 Å².